The second kappa shape index (κ2) is 17.2. The molecule has 2 atom stereocenters. The van der Waals surface area contributed by atoms with E-state index in [0.717, 1.165) is 22.3 Å². The minimum Gasteiger partial charge on any atom is -0.437 e. The number of hydrogen-bond acceptors (Lipinski definition) is 9. The molecule has 288 valence electrons. The molecule has 8 aromatic rings. The quantitative estimate of drug-likeness (QED) is 0.106. The van der Waals surface area contributed by atoms with Crippen LogP contribution in [0.4, 0.5) is 0 Å². The lowest BCUT2D eigenvalue weighted by atomic mass is 9.82. The summed E-state index contributed by atoms with van der Waals surface area (Å²) in [5.74, 6) is 0.409. The lowest BCUT2D eigenvalue weighted by molar-refractivity contribution is -0.120. The molecule has 2 unspecified atom stereocenters. The minimum absolute atomic E-state index is 0.0528. The largest absolute Gasteiger partial charge is 0.437 e. The van der Waals surface area contributed by atoms with Gasteiger partial charge in [-0.1, -0.05) is 96.0 Å². The van der Waals surface area contributed by atoms with E-state index >= 15 is 4.79 Å². The molecular formula is C45H36Cl2N8O3. The van der Waals surface area contributed by atoms with Crippen LogP contribution in [-0.2, 0) is 17.9 Å². The van der Waals surface area contributed by atoms with Gasteiger partial charge in [-0.3, -0.25) is 4.79 Å². The Balaban J connectivity index is 1.13. The zero-order valence-electron chi connectivity index (χ0n) is 31.5. The van der Waals surface area contributed by atoms with Crippen LogP contribution >= 0.6 is 23.2 Å². The van der Waals surface area contributed by atoms with Crippen molar-refractivity contribution in [2.24, 2.45) is 0 Å². The van der Waals surface area contributed by atoms with Crippen molar-refractivity contribution in [1.82, 2.24) is 39.0 Å². The highest BCUT2D eigenvalue weighted by Gasteiger charge is 2.27. The van der Waals surface area contributed by atoms with Crippen LogP contribution in [0.15, 0.2) is 135 Å². The number of imidazole rings is 2. The summed E-state index contributed by atoms with van der Waals surface area (Å²) in [5, 5.41) is 1.25. The van der Waals surface area contributed by atoms with Crippen molar-refractivity contribution in [3.05, 3.63) is 167 Å². The minimum atomic E-state index is -0.658. The first-order valence-corrected chi connectivity index (χ1v) is 19.4. The van der Waals surface area contributed by atoms with Crippen molar-refractivity contribution in [2.75, 3.05) is 0 Å². The van der Waals surface area contributed by atoms with Gasteiger partial charge in [0.1, 0.15) is 24.2 Å². The van der Waals surface area contributed by atoms with E-state index in [2.05, 4.69) is 29.9 Å². The molecule has 0 radical (unpaired) electrons. The Hall–Kier alpha value is -6.69. The Kier molecular flexibility index (Phi) is 11.3. The van der Waals surface area contributed by atoms with Gasteiger partial charge in [0.15, 0.2) is 28.1 Å². The zero-order valence-corrected chi connectivity index (χ0v) is 33.0. The monoisotopic (exact) mass is 806 g/mol. The molecule has 0 spiro atoms. The number of halogens is 2. The fraction of sp³-hybridized carbons (Fsp3) is 0.133. The summed E-state index contributed by atoms with van der Waals surface area (Å²) in [5.41, 5.74) is 5.86. The third-order valence-electron chi connectivity index (χ3n) is 9.64. The number of ether oxygens (including phenoxy) is 2. The molecule has 11 nitrogen and oxygen atoms in total. The van der Waals surface area contributed by atoms with E-state index in [1.165, 1.54) is 12.7 Å². The number of ketones is 1. The van der Waals surface area contributed by atoms with Crippen LogP contribution in [0.5, 0.6) is 23.3 Å². The molecule has 4 heterocycles. The highest BCUT2D eigenvalue weighted by atomic mass is 35.5. The standard InChI is InChI=1S/C45H36Cl2N8O3/c1-3-54-27-52-39-42(54)48-25-50-44(39)57-35-19-11-31(12-20-35)37(23-9-29-5-15-33(46)16-6-29)41(56)38(24-10-30-7-17-34(47)18-8-30)32-13-21-36(22-14-32)58-45-40-43(49-26-51-45)55(4-2)28-53-40/h5-28,37-38H,3-4H2,1-2H3/b23-9+,24-10+. The van der Waals surface area contributed by atoms with Gasteiger partial charge in [-0.25, -0.2) is 19.9 Å². The molecule has 0 aliphatic heterocycles. The maximum atomic E-state index is 15.0. The molecule has 13 heteroatoms. The summed E-state index contributed by atoms with van der Waals surface area (Å²) in [4.78, 5) is 41.4. The topological polar surface area (TPSA) is 123 Å². The van der Waals surface area contributed by atoms with Crippen LogP contribution in [0.1, 0.15) is 47.9 Å². The first-order chi connectivity index (χ1) is 28.4. The van der Waals surface area contributed by atoms with Gasteiger partial charge in [0.05, 0.1) is 24.5 Å². The Morgan fingerprint density at radius 2 is 0.966 bits per heavy atom. The van der Waals surface area contributed by atoms with Crippen molar-refractivity contribution >= 4 is 63.5 Å². The van der Waals surface area contributed by atoms with Crippen LogP contribution in [-0.4, -0.2) is 44.8 Å². The molecule has 0 aliphatic rings. The lowest BCUT2D eigenvalue weighted by Crippen LogP contribution is -2.18. The van der Waals surface area contributed by atoms with E-state index in [9.17, 15) is 0 Å². The Morgan fingerprint density at radius 1 is 0.569 bits per heavy atom. The van der Waals surface area contributed by atoms with Crippen LogP contribution < -0.4 is 9.47 Å². The van der Waals surface area contributed by atoms with Crippen LogP contribution in [0.25, 0.3) is 34.5 Å². The molecular weight excluding hydrogens is 771 g/mol. The number of carbonyl (C=O) groups is 1. The van der Waals surface area contributed by atoms with E-state index in [1.807, 2.05) is 144 Å². The molecule has 0 saturated carbocycles. The fourth-order valence-corrected chi connectivity index (χ4v) is 6.79. The number of Topliss-reactive ketones (excluding diaryl/α,β-unsaturated/α-hetero) is 1. The van der Waals surface area contributed by atoms with Crippen LogP contribution in [0, 0.1) is 0 Å². The third-order valence-corrected chi connectivity index (χ3v) is 10.1. The van der Waals surface area contributed by atoms with Gasteiger partial charge in [0.25, 0.3) is 11.8 Å². The van der Waals surface area contributed by atoms with Gasteiger partial charge in [-0.05, 0) is 84.6 Å². The summed E-state index contributed by atoms with van der Waals surface area (Å²) in [6.45, 7) is 5.47. The van der Waals surface area contributed by atoms with E-state index < -0.39 is 11.8 Å². The van der Waals surface area contributed by atoms with Crippen molar-refractivity contribution < 1.29 is 14.3 Å². The summed E-state index contributed by atoms with van der Waals surface area (Å²) in [6, 6.07) is 29.8. The number of rotatable bonds is 14. The molecule has 0 aliphatic carbocycles. The SMILES string of the molecule is CCn1cnc2c(Oc3ccc(C(/C=C/c4ccc(Cl)cc4)C(=O)C(/C=C/c4ccc(Cl)cc4)c4ccc(Oc5ncnc6c5ncn6CC)cc4)cc3)ncnc21. The molecule has 4 aromatic heterocycles. The average Bonchev–Trinajstić information content (AvgIpc) is 3.89. The maximum absolute atomic E-state index is 15.0. The molecule has 0 amide bonds. The molecule has 0 fully saturated rings. The smallest absolute Gasteiger partial charge is 0.250 e. The average molecular weight is 808 g/mol. The number of nitrogens with zero attached hydrogens (tertiary/aromatic N) is 8. The Morgan fingerprint density at radius 3 is 1.34 bits per heavy atom. The number of aromatic nitrogens is 8. The van der Waals surface area contributed by atoms with E-state index in [1.54, 1.807) is 12.7 Å². The van der Waals surface area contributed by atoms with Gasteiger partial charge in [0.2, 0.25) is 0 Å². The summed E-state index contributed by atoms with van der Waals surface area (Å²) in [6.07, 6.45) is 14.1. The number of aryl methyl sites for hydroxylation is 2. The number of carbonyl (C=O) groups excluding carboxylic acids is 1. The first kappa shape index (κ1) is 38.2. The first-order valence-electron chi connectivity index (χ1n) is 18.7. The Bertz CT molecular complexity index is 2560. The normalized spacial score (nSPS) is 12.8. The van der Waals surface area contributed by atoms with Gasteiger partial charge in [-0.15, -0.1) is 0 Å². The molecule has 58 heavy (non-hydrogen) atoms. The maximum Gasteiger partial charge on any atom is 0.250 e. The number of benzene rings is 4. The third kappa shape index (κ3) is 8.36. The second-order valence-corrected chi connectivity index (χ2v) is 14.2. The summed E-state index contributed by atoms with van der Waals surface area (Å²) >= 11 is 12.4. The van der Waals surface area contributed by atoms with E-state index in [4.69, 9.17) is 32.7 Å². The van der Waals surface area contributed by atoms with Gasteiger partial charge in [0, 0.05) is 23.1 Å². The van der Waals surface area contributed by atoms with Gasteiger partial charge >= 0.3 is 0 Å². The lowest BCUT2D eigenvalue weighted by Gasteiger charge is -2.20. The molecule has 8 rings (SSSR count). The zero-order chi connectivity index (χ0) is 40.0. The number of fused-ring (bicyclic) bond motifs is 2. The second-order valence-electron chi connectivity index (χ2n) is 13.3. The van der Waals surface area contributed by atoms with Crippen molar-refractivity contribution in [1.29, 1.82) is 0 Å². The molecule has 0 saturated heterocycles. The number of allylic oxidation sites excluding steroid dienone is 2. The predicted octanol–water partition coefficient (Wildman–Crippen LogP) is 10.8. The van der Waals surface area contributed by atoms with E-state index in [0.29, 0.717) is 68.7 Å². The van der Waals surface area contributed by atoms with Crippen molar-refractivity contribution in [3.63, 3.8) is 0 Å². The molecule has 0 bridgehead atoms. The molecule has 4 aromatic carbocycles. The fourth-order valence-electron chi connectivity index (χ4n) is 6.54. The van der Waals surface area contributed by atoms with Crippen molar-refractivity contribution in [2.45, 2.75) is 38.8 Å². The van der Waals surface area contributed by atoms with E-state index in [-0.39, 0.29) is 5.78 Å². The summed E-state index contributed by atoms with van der Waals surface area (Å²) < 4.78 is 16.2. The Labute approximate surface area is 344 Å². The number of hydrogen-bond donors (Lipinski definition) is 0. The highest BCUT2D eigenvalue weighted by molar-refractivity contribution is 6.30. The predicted molar refractivity (Wildman–Crippen MR) is 226 cm³/mol. The van der Waals surface area contributed by atoms with Gasteiger partial charge in [-0.2, -0.15) is 9.97 Å². The van der Waals surface area contributed by atoms with Crippen LogP contribution in [0.3, 0.4) is 0 Å². The molecule has 0 N–H and O–H groups in total. The summed E-state index contributed by atoms with van der Waals surface area (Å²) in [7, 11) is 0. The van der Waals surface area contributed by atoms with Crippen LogP contribution in [0.2, 0.25) is 10.0 Å². The highest BCUT2D eigenvalue weighted by Crippen LogP contribution is 2.34. The van der Waals surface area contributed by atoms with Gasteiger partial charge < -0.3 is 18.6 Å². The van der Waals surface area contributed by atoms with Crippen molar-refractivity contribution in [3.8, 4) is 23.3 Å².